The first-order chi connectivity index (χ1) is 10.7. The van der Waals surface area contributed by atoms with Crippen LogP contribution in [0.1, 0.15) is 44.0 Å². The van der Waals surface area contributed by atoms with Crippen molar-refractivity contribution in [2.24, 2.45) is 5.10 Å². The summed E-state index contributed by atoms with van der Waals surface area (Å²) in [6, 6.07) is 8.11. The van der Waals surface area contributed by atoms with Gasteiger partial charge in [-0.2, -0.15) is 5.10 Å². The van der Waals surface area contributed by atoms with Crippen LogP contribution in [0.4, 0.5) is 0 Å². The molecule has 0 saturated carbocycles. The van der Waals surface area contributed by atoms with Crippen LogP contribution in [0.3, 0.4) is 0 Å². The summed E-state index contributed by atoms with van der Waals surface area (Å²) in [5, 5.41) is 8.56. The molecule has 0 fully saturated rings. The maximum Gasteiger partial charge on any atom is 0.257 e. The molecule has 3 rings (SSSR count). The Balaban J connectivity index is 1.79. The molecule has 116 valence electrons. The Morgan fingerprint density at radius 3 is 3.09 bits per heavy atom. The van der Waals surface area contributed by atoms with Crippen molar-refractivity contribution in [2.45, 2.75) is 45.2 Å². The topological polar surface area (TPSA) is 69.3 Å². The van der Waals surface area contributed by atoms with Crippen LogP contribution in [0.2, 0.25) is 0 Å². The summed E-state index contributed by atoms with van der Waals surface area (Å²) < 4.78 is 0. The molecule has 0 unspecified atom stereocenters. The zero-order chi connectivity index (χ0) is 15.5. The van der Waals surface area contributed by atoms with Gasteiger partial charge in [0.1, 0.15) is 0 Å². The predicted octanol–water partition coefficient (Wildman–Crippen LogP) is 2.65. The minimum absolute atomic E-state index is 0.0739. The van der Waals surface area contributed by atoms with Crippen molar-refractivity contribution in [1.29, 1.82) is 0 Å². The van der Waals surface area contributed by atoms with E-state index in [1.54, 1.807) is 6.21 Å². The van der Waals surface area contributed by atoms with E-state index >= 15 is 0 Å². The van der Waals surface area contributed by atoms with E-state index in [2.05, 4.69) is 46.8 Å². The number of H-pyrrole nitrogens is 1. The van der Waals surface area contributed by atoms with Crippen molar-refractivity contribution in [1.82, 2.24) is 15.7 Å². The van der Waals surface area contributed by atoms with Gasteiger partial charge in [-0.1, -0.05) is 31.5 Å². The zero-order valence-electron chi connectivity index (χ0n) is 13.0. The molecule has 0 radical (unpaired) electrons. The molecule has 1 aromatic heterocycles. The van der Waals surface area contributed by atoms with Gasteiger partial charge in [-0.25, -0.2) is 5.43 Å². The molecule has 2 heterocycles. The van der Waals surface area contributed by atoms with Crippen LogP contribution in [0.15, 0.2) is 29.4 Å². The lowest BCUT2D eigenvalue weighted by Gasteiger charge is -2.27. The zero-order valence-corrected chi connectivity index (χ0v) is 13.0. The molecule has 0 aliphatic carbocycles. The number of carbonyl (C=O) groups is 1. The third-order valence-corrected chi connectivity index (χ3v) is 4.14. The molecule has 5 nitrogen and oxygen atoms in total. The van der Waals surface area contributed by atoms with Gasteiger partial charge in [0.15, 0.2) is 0 Å². The molecule has 22 heavy (non-hydrogen) atoms. The Bertz CT molecular complexity index is 704. The minimum atomic E-state index is -0.250. The summed E-state index contributed by atoms with van der Waals surface area (Å²) in [5.41, 5.74) is 6.18. The van der Waals surface area contributed by atoms with Gasteiger partial charge in [-0.15, -0.1) is 0 Å². The molecular weight excluding hydrogens is 276 g/mol. The maximum atomic E-state index is 12.3. The maximum absolute atomic E-state index is 12.3. The molecule has 0 saturated heterocycles. The standard InChI is InChI=1S/C17H22N4O/c1-3-4-9-18-21-17(22)15-10-13-12-7-5-6-8-14(12)20-16(13)11(2)19-15/h5-9,11,15,19-20H,3-4,10H2,1-2H3,(H,21,22)/b18-9+/t11-,15-/m0/s1. The molecule has 2 atom stereocenters. The van der Waals surface area contributed by atoms with Crippen LogP contribution in [-0.2, 0) is 11.2 Å². The number of rotatable bonds is 4. The summed E-state index contributed by atoms with van der Waals surface area (Å²) in [6.45, 7) is 4.16. The number of para-hydroxylation sites is 1. The highest BCUT2D eigenvalue weighted by Gasteiger charge is 2.30. The molecule has 0 bridgehead atoms. The van der Waals surface area contributed by atoms with Gasteiger partial charge in [-0.05, 0) is 31.4 Å². The number of unbranched alkanes of at least 4 members (excludes halogenated alkanes) is 1. The first-order valence-corrected chi connectivity index (χ1v) is 7.87. The average Bonchev–Trinajstić information content (AvgIpc) is 2.91. The fraction of sp³-hybridized carbons (Fsp3) is 0.412. The fourth-order valence-corrected chi connectivity index (χ4v) is 3.01. The molecule has 5 heteroatoms. The number of aromatic amines is 1. The second-order valence-electron chi connectivity index (χ2n) is 5.78. The van der Waals surface area contributed by atoms with Crippen LogP contribution < -0.4 is 10.7 Å². The van der Waals surface area contributed by atoms with E-state index in [-0.39, 0.29) is 18.0 Å². The Hall–Kier alpha value is -2.14. The van der Waals surface area contributed by atoms with Gasteiger partial charge in [0.25, 0.3) is 5.91 Å². The van der Waals surface area contributed by atoms with Gasteiger partial charge < -0.3 is 4.98 Å². The quantitative estimate of drug-likeness (QED) is 0.600. The third kappa shape index (κ3) is 2.76. The van der Waals surface area contributed by atoms with E-state index < -0.39 is 0 Å². The third-order valence-electron chi connectivity index (χ3n) is 4.14. The van der Waals surface area contributed by atoms with Crippen molar-refractivity contribution in [3.8, 4) is 0 Å². The molecule has 1 aliphatic heterocycles. The molecule has 0 spiro atoms. The Labute approximate surface area is 130 Å². The van der Waals surface area contributed by atoms with Crippen molar-refractivity contribution in [3.05, 3.63) is 35.5 Å². The minimum Gasteiger partial charge on any atom is -0.357 e. The summed E-state index contributed by atoms with van der Waals surface area (Å²) in [5.74, 6) is -0.0739. The van der Waals surface area contributed by atoms with E-state index in [4.69, 9.17) is 0 Å². The Morgan fingerprint density at radius 2 is 2.27 bits per heavy atom. The molecule has 2 aromatic rings. The lowest BCUT2D eigenvalue weighted by molar-refractivity contribution is -0.123. The van der Waals surface area contributed by atoms with Gasteiger partial charge in [0.05, 0.1) is 6.04 Å². The summed E-state index contributed by atoms with van der Waals surface area (Å²) >= 11 is 0. The second-order valence-corrected chi connectivity index (χ2v) is 5.78. The lowest BCUT2D eigenvalue weighted by Crippen LogP contribution is -2.47. The molecule has 1 aliphatic rings. The first-order valence-electron chi connectivity index (χ1n) is 7.87. The molecular formula is C17H22N4O. The van der Waals surface area contributed by atoms with E-state index in [9.17, 15) is 4.79 Å². The predicted molar refractivity (Wildman–Crippen MR) is 88.9 cm³/mol. The van der Waals surface area contributed by atoms with E-state index in [0.29, 0.717) is 6.42 Å². The van der Waals surface area contributed by atoms with Crippen LogP contribution in [-0.4, -0.2) is 23.1 Å². The summed E-state index contributed by atoms with van der Waals surface area (Å²) in [4.78, 5) is 15.7. The molecule has 1 aromatic carbocycles. The second kappa shape index (κ2) is 6.32. The van der Waals surface area contributed by atoms with Crippen LogP contribution >= 0.6 is 0 Å². The highest BCUT2D eigenvalue weighted by molar-refractivity contribution is 5.88. The van der Waals surface area contributed by atoms with Gasteiger partial charge in [-0.3, -0.25) is 10.1 Å². The highest BCUT2D eigenvalue weighted by atomic mass is 16.2. The SMILES string of the molecule is CCC/C=N/NC(=O)[C@@H]1Cc2c([nH]c3ccccc23)[C@H](C)N1. The summed E-state index contributed by atoms with van der Waals surface area (Å²) in [6.07, 6.45) is 4.33. The largest absolute Gasteiger partial charge is 0.357 e. The number of nitrogens with zero attached hydrogens (tertiary/aromatic N) is 1. The van der Waals surface area contributed by atoms with Crippen LogP contribution in [0.25, 0.3) is 10.9 Å². The fourth-order valence-electron chi connectivity index (χ4n) is 3.01. The van der Waals surface area contributed by atoms with E-state index in [1.165, 1.54) is 16.6 Å². The number of nitrogens with one attached hydrogen (secondary N) is 3. The lowest BCUT2D eigenvalue weighted by atomic mass is 9.94. The normalized spacial score (nSPS) is 21.2. The van der Waals surface area contributed by atoms with Crippen molar-refractivity contribution >= 4 is 23.0 Å². The van der Waals surface area contributed by atoms with Crippen molar-refractivity contribution in [2.75, 3.05) is 0 Å². The number of carbonyl (C=O) groups excluding carboxylic acids is 1. The van der Waals surface area contributed by atoms with Gasteiger partial charge >= 0.3 is 0 Å². The van der Waals surface area contributed by atoms with Crippen molar-refractivity contribution < 1.29 is 4.79 Å². The van der Waals surface area contributed by atoms with Crippen LogP contribution in [0, 0.1) is 0 Å². The smallest absolute Gasteiger partial charge is 0.257 e. The van der Waals surface area contributed by atoms with E-state index in [0.717, 1.165) is 18.4 Å². The number of hydrogen-bond donors (Lipinski definition) is 3. The highest BCUT2D eigenvalue weighted by Crippen LogP contribution is 2.31. The number of benzene rings is 1. The Kier molecular flexibility index (Phi) is 4.24. The number of fused-ring (bicyclic) bond motifs is 3. The number of aromatic nitrogens is 1. The van der Waals surface area contributed by atoms with Gasteiger partial charge in [0, 0.05) is 28.9 Å². The monoisotopic (exact) mass is 298 g/mol. The molecule has 3 N–H and O–H groups in total. The van der Waals surface area contributed by atoms with Crippen molar-refractivity contribution in [3.63, 3.8) is 0 Å². The average molecular weight is 298 g/mol. The van der Waals surface area contributed by atoms with E-state index in [1.807, 2.05) is 12.1 Å². The number of hydrogen-bond acceptors (Lipinski definition) is 3. The molecule has 1 amide bonds. The number of amides is 1. The van der Waals surface area contributed by atoms with Crippen LogP contribution in [0.5, 0.6) is 0 Å². The number of hydrazone groups is 1. The summed E-state index contributed by atoms with van der Waals surface area (Å²) in [7, 11) is 0. The Morgan fingerprint density at radius 1 is 1.45 bits per heavy atom. The van der Waals surface area contributed by atoms with Gasteiger partial charge in [0.2, 0.25) is 0 Å². The first kappa shape index (κ1) is 14.8.